The van der Waals surface area contributed by atoms with E-state index >= 15 is 0 Å². The van der Waals surface area contributed by atoms with E-state index in [1.54, 1.807) is 12.1 Å². The molecule has 2 atom stereocenters. The highest BCUT2D eigenvalue weighted by Crippen LogP contribution is 2.36. The molecule has 3 heterocycles. The lowest BCUT2D eigenvalue weighted by molar-refractivity contribution is -0.119. The number of hydrogen-bond donors (Lipinski definition) is 2. The fourth-order valence-electron chi connectivity index (χ4n) is 5.70. The molecule has 1 aliphatic carbocycles. The molecule has 33 heavy (non-hydrogen) atoms. The number of nitrogens with one attached hydrogen (secondary N) is 2. The number of anilines is 1. The van der Waals surface area contributed by atoms with E-state index in [4.69, 9.17) is 13.9 Å². The number of fused-ring (bicyclic) bond motifs is 1. The first kappa shape index (κ1) is 22.4. The summed E-state index contributed by atoms with van der Waals surface area (Å²) in [6, 6.07) is 7.03. The zero-order valence-corrected chi connectivity index (χ0v) is 19.1. The molecule has 0 radical (unpaired) electrons. The molecule has 7 nitrogen and oxygen atoms in total. The Hall–Kier alpha value is -2.38. The standard InChI is InChI=1S/C26H34N2O5/c29-25(24-21(8-11-27-24)18-4-2-1-3-5-18)28-20-6-7-22-19(14-20)15-23(33-22)26(30)32-16-17-9-12-31-13-10-17/h6-7,14-15,17-18,21,24,27H,1-5,8-13,16H2,(H,28,29)/t21-,24-/m0/s1. The fourth-order valence-corrected chi connectivity index (χ4v) is 5.70. The molecular weight excluding hydrogens is 420 g/mol. The average molecular weight is 455 g/mol. The first-order valence-electron chi connectivity index (χ1n) is 12.5. The third-order valence-corrected chi connectivity index (χ3v) is 7.58. The van der Waals surface area contributed by atoms with Gasteiger partial charge in [0.05, 0.1) is 12.6 Å². The van der Waals surface area contributed by atoms with Gasteiger partial charge >= 0.3 is 5.97 Å². The third kappa shape index (κ3) is 5.25. The molecule has 3 aliphatic rings. The second kappa shape index (κ2) is 10.3. The molecular formula is C26H34N2O5. The van der Waals surface area contributed by atoms with Crippen LogP contribution >= 0.6 is 0 Å². The van der Waals surface area contributed by atoms with Gasteiger partial charge in [-0.25, -0.2) is 4.79 Å². The molecule has 1 aromatic carbocycles. The van der Waals surface area contributed by atoms with Crippen molar-refractivity contribution in [1.82, 2.24) is 5.32 Å². The lowest BCUT2D eigenvalue weighted by atomic mass is 9.76. The molecule has 3 fully saturated rings. The van der Waals surface area contributed by atoms with Crippen LogP contribution < -0.4 is 10.6 Å². The van der Waals surface area contributed by atoms with Crippen LogP contribution in [0.4, 0.5) is 5.69 Å². The Bertz CT molecular complexity index is 974. The Morgan fingerprint density at radius 1 is 1.03 bits per heavy atom. The first-order valence-corrected chi connectivity index (χ1v) is 12.5. The molecule has 1 amide bonds. The molecule has 2 N–H and O–H groups in total. The number of ether oxygens (including phenoxy) is 2. The van der Waals surface area contributed by atoms with Crippen molar-refractivity contribution in [3.05, 3.63) is 30.0 Å². The van der Waals surface area contributed by atoms with Crippen molar-refractivity contribution < 1.29 is 23.5 Å². The van der Waals surface area contributed by atoms with Gasteiger partial charge in [-0.15, -0.1) is 0 Å². The van der Waals surface area contributed by atoms with Gasteiger partial charge in [0.2, 0.25) is 11.7 Å². The summed E-state index contributed by atoms with van der Waals surface area (Å²) in [6.45, 7) is 2.73. The number of benzene rings is 1. The number of carbonyl (C=O) groups excluding carboxylic acids is 2. The number of furan rings is 1. The van der Waals surface area contributed by atoms with E-state index in [0.29, 0.717) is 35.6 Å². The van der Waals surface area contributed by atoms with Crippen molar-refractivity contribution in [3.8, 4) is 0 Å². The summed E-state index contributed by atoms with van der Waals surface area (Å²) in [5.41, 5.74) is 1.32. The van der Waals surface area contributed by atoms with Gasteiger partial charge in [0.25, 0.3) is 0 Å². The number of esters is 1. The van der Waals surface area contributed by atoms with E-state index in [2.05, 4.69) is 10.6 Å². The highest BCUT2D eigenvalue weighted by Gasteiger charge is 2.38. The number of amides is 1. The second-order valence-electron chi connectivity index (χ2n) is 9.79. The molecule has 5 rings (SSSR count). The lowest BCUT2D eigenvalue weighted by Crippen LogP contribution is -2.42. The van der Waals surface area contributed by atoms with Gasteiger partial charge in [-0.2, -0.15) is 0 Å². The number of carbonyl (C=O) groups is 2. The van der Waals surface area contributed by atoms with E-state index in [0.717, 1.165) is 44.4 Å². The summed E-state index contributed by atoms with van der Waals surface area (Å²) < 4.78 is 16.5. The normalized spacial score (nSPS) is 24.7. The van der Waals surface area contributed by atoms with Gasteiger partial charge < -0.3 is 24.5 Å². The van der Waals surface area contributed by atoms with Crippen LogP contribution in [0.3, 0.4) is 0 Å². The van der Waals surface area contributed by atoms with Crippen molar-refractivity contribution in [1.29, 1.82) is 0 Å². The highest BCUT2D eigenvalue weighted by atomic mass is 16.5. The van der Waals surface area contributed by atoms with Crippen molar-refractivity contribution in [2.45, 2.75) is 57.4 Å². The maximum atomic E-state index is 13.1. The summed E-state index contributed by atoms with van der Waals surface area (Å²) in [7, 11) is 0. The maximum absolute atomic E-state index is 13.1. The van der Waals surface area contributed by atoms with Crippen LogP contribution in [0.15, 0.2) is 28.7 Å². The van der Waals surface area contributed by atoms with Crippen LogP contribution in [0.1, 0.15) is 61.9 Å². The first-order chi connectivity index (χ1) is 16.2. The number of hydrogen-bond acceptors (Lipinski definition) is 6. The van der Waals surface area contributed by atoms with E-state index < -0.39 is 5.97 Å². The molecule has 1 aromatic heterocycles. The van der Waals surface area contributed by atoms with Crippen molar-refractivity contribution in [2.75, 3.05) is 31.7 Å². The minimum absolute atomic E-state index is 0.0296. The number of rotatable bonds is 6. The van der Waals surface area contributed by atoms with Crippen LogP contribution in [0.25, 0.3) is 11.0 Å². The molecule has 0 spiro atoms. The van der Waals surface area contributed by atoms with E-state index in [9.17, 15) is 9.59 Å². The second-order valence-corrected chi connectivity index (χ2v) is 9.79. The Morgan fingerprint density at radius 3 is 2.67 bits per heavy atom. The molecule has 0 bridgehead atoms. The molecule has 0 unspecified atom stereocenters. The zero-order chi connectivity index (χ0) is 22.6. The quantitative estimate of drug-likeness (QED) is 0.624. The Labute approximate surface area is 194 Å². The predicted molar refractivity (Wildman–Crippen MR) is 125 cm³/mol. The molecule has 7 heteroatoms. The van der Waals surface area contributed by atoms with Crippen molar-refractivity contribution >= 4 is 28.5 Å². The van der Waals surface area contributed by atoms with Crippen LogP contribution in [-0.2, 0) is 14.3 Å². The van der Waals surface area contributed by atoms with Gasteiger partial charge in [-0.1, -0.05) is 32.1 Å². The van der Waals surface area contributed by atoms with E-state index in [1.807, 2.05) is 12.1 Å². The summed E-state index contributed by atoms with van der Waals surface area (Å²) in [5, 5.41) is 7.27. The zero-order valence-electron chi connectivity index (χ0n) is 19.1. The highest BCUT2D eigenvalue weighted by molar-refractivity contribution is 5.98. The predicted octanol–water partition coefficient (Wildman–Crippen LogP) is 4.51. The molecule has 2 saturated heterocycles. The largest absolute Gasteiger partial charge is 0.460 e. The minimum atomic E-state index is -0.450. The van der Waals surface area contributed by atoms with Gasteiger partial charge in [-0.3, -0.25) is 4.79 Å². The SMILES string of the molecule is O=C(OCC1CCOCC1)c1cc2cc(NC(=O)[C@H]3NCC[C@H]3C3CCCCC3)ccc2o1. The third-order valence-electron chi connectivity index (χ3n) is 7.58. The van der Waals surface area contributed by atoms with Gasteiger partial charge in [-0.05, 0) is 67.8 Å². The van der Waals surface area contributed by atoms with Crippen molar-refractivity contribution in [3.63, 3.8) is 0 Å². The molecule has 2 aromatic rings. The van der Waals surface area contributed by atoms with Crippen LogP contribution in [0, 0.1) is 17.8 Å². The topological polar surface area (TPSA) is 89.8 Å². The van der Waals surface area contributed by atoms with Gasteiger partial charge in [0.15, 0.2) is 0 Å². The van der Waals surface area contributed by atoms with Gasteiger partial charge in [0, 0.05) is 24.3 Å². The van der Waals surface area contributed by atoms with Crippen molar-refractivity contribution in [2.24, 2.45) is 17.8 Å². The Balaban J connectivity index is 1.21. The summed E-state index contributed by atoms with van der Waals surface area (Å²) in [6.07, 6.45) is 9.27. The smallest absolute Gasteiger partial charge is 0.374 e. The Kier molecular flexibility index (Phi) is 6.97. The summed E-state index contributed by atoms with van der Waals surface area (Å²) >= 11 is 0. The minimum Gasteiger partial charge on any atom is -0.460 e. The maximum Gasteiger partial charge on any atom is 0.374 e. The summed E-state index contributed by atoms with van der Waals surface area (Å²) in [5.74, 6) is 1.18. The van der Waals surface area contributed by atoms with Crippen LogP contribution in [0.2, 0.25) is 0 Å². The molecule has 1 saturated carbocycles. The lowest BCUT2D eigenvalue weighted by Gasteiger charge is -2.30. The van der Waals surface area contributed by atoms with E-state index in [1.165, 1.54) is 32.1 Å². The molecule has 178 valence electrons. The monoisotopic (exact) mass is 454 g/mol. The van der Waals surface area contributed by atoms with Crippen LogP contribution in [0.5, 0.6) is 0 Å². The molecule has 2 aliphatic heterocycles. The summed E-state index contributed by atoms with van der Waals surface area (Å²) in [4.78, 5) is 25.5. The van der Waals surface area contributed by atoms with E-state index in [-0.39, 0.29) is 17.7 Å². The van der Waals surface area contributed by atoms with Gasteiger partial charge in [0.1, 0.15) is 5.58 Å². The van der Waals surface area contributed by atoms with Crippen LogP contribution in [-0.4, -0.2) is 44.3 Å². The Morgan fingerprint density at radius 2 is 1.85 bits per heavy atom. The fraction of sp³-hybridized carbons (Fsp3) is 0.615. The average Bonchev–Trinajstić information content (AvgIpc) is 3.51.